The van der Waals surface area contributed by atoms with Crippen LogP contribution in [0.5, 0.6) is 0 Å². The second-order valence-corrected chi connectivity index (χ2v) is 21.6. The number of carbonyl (C=O) groups excluding carboxylic acids is 3. The molecule has 430 valence electrons. The molecule has 11 nitrogen and oxygen atoms in total. The minimum atomic E-state index is -4.76. The maximum absolute atomic E-state index is 12.9. The number of hydrogen-bond donors (Lipinski definition) is 2. The summed E-state index contributed by atoms with van der Waals surface area (Å²) in [5.74, 6) is -1.49. The fourth-order valence-corrected chi connectivity index (χ4v) is 9.13. The third-order valence-corrected chi connectivity index (χ3v) is 13.9. The van der Waals surface area contributed by atoms with Crippen LogP contribution in [-0.4, -0.2) is 66.5 Å². The van der Waals surface area contributed by atoms with E-state index in [0.29, 0.717) is 19.3 Å². The lowest BCUT2D eigenvalue weighted by atomic mass is 10.0. The predicted molar refractivity (Wildman–Crippen MR) is 307 cm³/mol. The molecule has 0 aromatic rings. The van der Waals surface area contributed by atoms with Gasteiger partial charge in [-0.1, -0.05) is 236 Å². The third-order valence-electron chi connectivity index (χ3n) is 12.9. The summed E-state index contributed by atoms with van der Waals surface area (Å²) in [6.45, 7) is 4.50. The number of carbonyl (C=O) groups is 3. The van der Waals surface area contributed by atoms with E-state index in [-0.39, 0.29) is 25.9 Å². The van der Waals surface area contributed by atoms with E-state index in [1.165, 1.54) is 128 Å². The Morgan fingerprint density at radius 2 is 0.703 bits per heavy atom. The van der Waals surface area contributed by atoms with E-state index in [2.05, 4.69) is 81.5 Å². The molecule has 0 rings (SSSR count). The van der Waals surface area contributed by atoms with Crippen LogP contribution in [-0.2, 0) is 42.2 Å². The summed E-state index contributed by atoms with van der Waals surface area (Å²) in [6.07, 6.45) is 61.8. The van der Waals surface area contributed by atoms with Crippen molar-refractivity contribution in [3.63, 3.8) is 0 Å². The molecular weight excluding hydrogens is 952 g/mol. The molecule has 12 heteroatoms. The number of rotatable bonds is 56. The van der Waals surface area contributed by atoms with E-state index in [1.54, 1.807) is 0 Å². The summed E-state index contributed by atoms with van der Waals surface area (Å²) < 4.78 is 39.6. The van der Waals surface area contributed by atoms with Gasteiger partial charge in [0.1, 0.15) is 12.7 Å². The van der Waals surface area contributed by atoms with Crippen LogP contribution < -0.4 is 0 Å². The van der Waals surface area contributed by atoms with Gasteiger partial charge in [-0.3, -0.25) is 23.4 Å². The number of hydrogen-bond acceptors (Lipinski definition) is 10. The first-order valence-electron chi connectivity index (χ1n) is 30.2. The molecule has 0 radical (unpaired) electrons. The Morgan fingerprint density at radius 1 is 0.392 bits per heavy atom. The molecule has 0 aliphatic heterocycles. The fraction of sp³-hybridized carbons (Fsp3) is 0.790. The van der Waals surface area contributed by atoms with Crippen molar-refractivity contribution in [2.75, 3.05) is 26.4 Å². The van der Waals surface area contributed by atoms with Gasteiger partial charge in [0.05, 0.1) is 19.8 Å². The van der Waals surface area contributed by atoms with Crippen molar-refractivity contribution < 1.29 is 52.2 Å². The van der Waals surface area contributed by atoms with Crippen LogP contribution in [0, 0.1) is 0 Å². The Morgan fingerprint density at radius 3 is 1.12 bits per heavy atom. The van der Waals surface area contributed by atoms with E-state index >= 15 is 0 Å². The largest absolute Gasteiger partial charge is 0.472 e. The number of allylic oxidation sites excluding steroid dienone is 10. The zero-order valence-corrected chi connectivity index (χ0v) is 48.5. The molecule has 0 aromatic heterocycles. The summed E-state index contributed by atoms with van der Waals surface area (Å²) in [6, 6.07) is 0. The second-order valence-electron chi connectivity index (χ2n) is 20.1. The highest BCUT2D eigenvalue weighted by Crippen LogP contribution is 2.43. The van der Waals surface area contributed by atoms with Crippen LogP contribution in [0.3, 0.4) is 0 Å². The first-order valence-corrected chi connectivity index (χ1v) is 31.7. The smallest absolute Gasteiger partial charge is 0.462 e. The van der Waals surface area contributed by atoms with Gasteiger partial charge >= 0.3 is 25.7 Å². The monoisotopic (exact) mass is 1060 g/mol. The maximum atomic E-state index is 12.9. The van der Waals surface area contributed by atoms with Crippen molar-refractivity contribution >= 4 is 25.7 Å². The number of unbranched alkanes of at least 4 members (excludes halogenated alkanes) is 29. The number of ether oxygens (including phenoxy) is 3. The number of aliphatic hydroxyl groups excluding tert-OH is 1. The van der Waals surface area contributed by atoms with Gasteiger partial charge in [0.2, 0.25) is 0 Å². The number of esters is 3. The first-order chi connectivity index (χ1) is 36.2. The average Bonchev–Trinajstić information content (AvgIpc) is 3.39. The van der Waals surface area contributed by atoms with Gasteiger partial charge in [0.25, 0.3) is 0 Å². The Bertz CT molecular complexity index is 1470. The molecule has 0 aromatic carbocycles. The zero-order valence-electron chi connectivity index (χ0n) is 47.6. The molecule has 0 fully saturated rings. The van der Waals surface area contributed by atoms with E-state index in [0.717, 1.165) is 89.9 Å². The third kappa shape index (κ3) is 54.0. The number of phosphoric acid groups is 1. The molecule has 3 atom stereocenters. The molecule has 0 amide bonds. The normalized spacial score (nSPS) is 13.7. The van der Waals surface area contributed by atoms with Crippen molar-refractivity contribution in [1.29, 1.82) is 0 Å². The number of phosphoric ester groups is 1. The number of aliphatic hydroxyl groups is 1. The van der Waals surface area contributed by atoms with Gasteiger partial charge in [-0.2, -0.15) is 0 Å². The standard InChI is InChI=1S/C62H111O11P/c1-4-7-10-13-16-19-22-25-27-28-29-30-32-35-38-41-44-47-50-53-62(66)73-59(55-69-60(64)51-48-45-42-39-36-34-31-26-23-20-17-14-11-8-5-2)57-71-74(67,68)70-56-58(54-63)72-61(65)52-49-46-43-40-37-33-24-21-18-15-12-9-6-3/h9,12,16,18-19,21,25,27,33,37,58-59,63H,4-8,10-11,13-15,17,20,22-24,26,28-32,34-36,38-57H2,1-3H3,(H,67,68)/b12-9-,19-16-,21-18-,27-25-,37-33-. The van der Waals surface area contributed by atoms with Gasteiger partial charge < -0.3 is 24.2 Å². The van der Waals surface area contributed by atoms with Gasteiger partial charge in [-0.15, -0.1) is 0 Å². The van der Waals surface area contributed by atoms with Crippen LogP contribution in [0.4, 0.5) is 0 Å². The highest BCUT2D eigenvalue weighted by atomic mass is 31.2. The summed E-state index contributed by atoms with van der Waals surface area (Å²) in [5.41, 5.74) is 0. The highest BCUT2D eigenvalue weighted by molar-refractivity contribution is 7.47. The van der Waals surface area contributed by atoms with Crippen LogP contribution in [0.15, 0.2) is 60.8 Å². The highest BCUT2D eigenvalue weighted by Gasteiger charge is 2.28. The molecule has 74 heavy (non-hydrogen) atoms. The lowest BCUT2D eigenvalue weighted by Crippen LogP contribution is -2.30. The molecular formula is C62H111O11P. The summed E-state index contributed by atoms with van der Waals surface area (Å²) in [7, 11) is -4.76. The SMILES string of the molecule is CC/C=C\C/C=C\C/C=C\CCCCCC(=O)OC(CO)COP(=O)(O)OCC(COC(=O)CCCCCCCCCCCCCCCCC)OC(=O)CCCCCCCCCCC/C=C\C/C=C\CCCCC. The molecule has 0 spiro atoms. The van der Waals surface area contributed by atoms with Gasteiger partial charge in [-0.25, -0.2) is 4.57 Å². The minimum absolute atomic E-state index is 0.142. The summed E-state index contributed by atoms with van der Waals surface area (Å²) >= 11 is 0. The van der Waals surface area contributed by atoms with Gasteiger partial charge in [0, 0.05) is 19.3 Å². The molecule has 3 unspecified atom stereocenters. The van der Waals surface area contributed by atoms with Crippen molar-refractivity contribution in [1.82, 2.24) is 0 Å². The van der Waals surface area contributed by atoms with Crippen molar-refractivity contribution in [2.24, 2.45) is 0 Å². The molecule has 0 aliphatic carbocycles. The Balaban J connectivity index is 4.72. The maximum Gasteiger partial charge on any atom is 0.472 e. The van der Waals surface area contributed by atoms with E-state index < -0.39 is 57.8 Å². The van der Waals surface area contributed by atoms with Crippen LogP contribution in [0.1, 0.15) is 278 Å². The Labute approximate surface area is 453 Å². The zero-order chi connectivity index (χ0) is 54.1. The molecule has 0 saturated carbocycles. The average molecular weight is 1060 g/mol. The van der Waals surface area contributed by atoms with Crippen molar-refractivity contribution in [2.45, 2.75) is 290 Å². The Hall–Kier alpha value is -2.82. The van der Waals surface area contributed by atoms with Crippen LogP contribution in [0.25, 0.3) is 0 Å². The summed E-state index contributed by atoms with van der Waals surface area (Å²) in [5, 5.41) is 9.81. The fourth-order valence-electron chi connectivity index (χ4n) is 8.34. The topological polar surface area (TPSA) is 155 Å². The Kier molecular flexibility index (Phi) is 54.2. The van der Waals surface area contributed by atoms with Crippen molar-refractivity contribution in [3.05, 3.63) is 60.8 Å². The van der Waals surface area contributed by atoms with E-state index in [4.69, 9.17) is 23.3 Å². The molecule has 0 heterocycles. The first kappa shape index (κ1) is 71.2. The molecule has 2 N–H and O–H groups in total. The van der Waals surface area contributed by atoms with E-state index in [9.17, 15) is 28.9 Å². The van der Waals surface area contributed by atoms with Crippen LogP contribution in [0.2, 0.25) is 0 Å². The van der Waals surface area contributed by atoms with Gasteiger partial charge in [-0.05, 0) is 83.5 Å². The quantitative estimate of drug-likeness (QED) is 0.0197. The molecule has 0 aliphatic rings. The van der Waals surface area contributed by atoms with E-state index in [1.807, 2.05) is 0 Å². The molecule has 0 saturated heterocycles. The lowest BCUT2D eigenvalue weighted by molar-refractivity contribution is -0.161. The second kappa shape index (κ2) is 56.4. The van der Waals surface area contributed by atoms with Gasteiger partial charge in [0.15, 0.2) is 6.10 Å². The predicted octanol–water partition coefficient (Wildman–Crippen LogP) is 17.9. The lowest BCUT2D eigenvalue weighted by Gasteiger charge is -2.21. The summed E-state index contributed by atoms with van der Waals surface area (Å²) in [4.78, 5) is 48.6. The van der Waals surface area contributed by atoms with Crippen LogP contribution >= 0.6 is 7.82 Å². The molecule has 0 bridgehead atoms. The minimum Gasteiger partial charge on any atom is -0.462 e. The van der Waals surface area contributed by atoms with Crippen molar-refractivity contribution in [3.8, 4) is 0 Å².